The zero-order valence-electron chi connectivity index (χ0n) is 18.1. The maximum Gasteiger partial charge on any atom is 0.191 e. The number of hydrogen-bond acceptors (Lipinski definition) is 4. The first-order valence-electron chi connectivity index (χ1n) is 10.1. The molecule has 30 heavy (non-hydrogen) atoms. The molecule has 0 atom stereocenters. The molecule has 0 amide bonds. The van der Waals surface area contributed by atoms with Crippen molar-refractivity contribution in [2.45, 2.75) is 27.0 Å². The Morgan fingerprint density at radius 3 is 2.50 bits per heavy atom. The molecule has 0 unspecified atom stereocenters. The van der Waals surface area contributed by atoms with Gasteiger partial charge in [0.05, 0.1) is 19.8 Å². The fourth-order valence-electron chi connectivity index (χ4n) is 2.70. The van der Waals surface area contributed by atoms with E-state index in [1.54, 1.807) is 7.05 Å². The normalized spacial score (nSPS) is 11.0. The molecular formula is C23H34IN3O3. The van der Waals surface area contributed by atoms with Crippen LogP contribution in [0.15, 0.2) is 53.5 Å². The number of rotatable bonds is 12. The maximum absolute atomic E-state index is 5.90. The van der Waals surface area contributed by atoms with Crippen LogP contribution in [-0.4, -0.2) is 46.0 Å². The number of ether oxygens (including phenoxy) is 3. The third kappa shape index (κ3) is 10.3. The SMILES string of the molecule is CCOCCOc1cc(C)ccc1CNC(=NC)NCCOCc1ccccc1.I. The van der Waals surface area contributed by atoms with Crippen LogP contribution < -0.4 is 15.4 Å². The van der Waals surface area contributed by atoms with Crippen molar-refractivity contribution in [2.24, 2.45) is 4.99 Å². The molecule has 2 aromatic carbocycles. The molecule has 166 valence electrons. The number of aryl methyl sites for hydroxylation is 1. The Balaban J connectivity index is 0.00000450. The van der Waals surface area contributed by atoms with Gasteiger partial charge in [0.25, 0.3) is 0 Å². The lowest BCUT2D eigenvalue weighted by molar-refractivity contribution is 0.110. The summed E-state index contributed by atoms with van der Waals surface area (Å²) in [4.78, 5) is 4.27. The van der Waals surface area contributed by atoms with Crippen LogP contribution in [0.5, 0.6) is 5.75 Å². The Hall–Kier alpha value is -1.84. The van der Waals surface area contributed by atoms with Crippen LogP contribution in [0.4, 0.5) is 0 Å². The summed E-state index contributed by atoms with van der Waals surface area (Å²) in [6.07, 6.45) is 0. The summed E-state index contributed by atoms with van der Waals surface area (Å²) < 4.78 is 16.9. The summed E-state index contributed by atoms with van der Waals surface area (Å²) in [5, 5.41) is 6.60. The minimum atomic E-state index is 0. The van der Waals surface area contributed by atoms with Crippen LogP contribution in [-0.2, 0) is 22.6 Å². The highest BCUT2D eigenvalue weighted by molar-refractivity contribution is 14.0. The van der Waals surface area contributed by atoms with Crippen LogP contribution in [0.1, 0.15) is 23.6 Å². The van der Waals surface area contributed by atoms with Crippen LogP contribution in [0.2, 0.25) is 0 Å². The lowest BCUT2D eigenvalue weighted by Gasteiger charge is -2.15. The predicted octanol–water partition coefficient (Wildman–Crippen LogP) is 3.91. The summed E-state index contributed by atoms with van der Waals surface area (Å²) in [6.45, 7) is 8.37. The number of aliphatic imine (C=N–C) groups is 1. The Morgan fingerprint density at radius 1 is 0.967 bits per heavy atom. The zero-order chi connectivity index (χ0) is 20.7. The number of nitrogens with one attached hydrogen (secondary N) is 2. The van der Waals surface area contributed by atoms with Crippen molar-refractivity contribution in [1.29, 1.82) is 0 Å². The average Bonchev–Trinajstić information content (AvgIpc) is 2.75. The largest absolute Gasteiger partial charge is 0.491 e. The summed E-state index contributed by atoms with van der Waals surface area (Å²) >= 11 is 0. The van der Waals surface area contributed by atoms with Crippen molar-refractivity contribution in [1.82, 2.24) is 10.6 Å². The molecule has 0 heterocycles. The highest BCUT2D eigenvalue weighted by atomic mass is 127. The van der Waals surface area contributed by atoms with Crippen molar-refractivity contribution in [3.63, 3.8) is 0 Å². The number of hydrogen-bond donors (Lipinski definition) is 2. The van der Waals surface area contributed by atoms with Crippen molar-refractivity contribution in [3.05, 3.63) is 65.2 Å². The Bertz CT molecular complexity index is 742. The van der Waals surface area contributed by atoms with Gasteiger partial charge in [-0.25, -0.2) is 0 Å². The smallest absolute Gasteiger partial charge is 0.191 e. The molecule has 0 aliphatic carbocycles. The lowest BCUT2D eigenvalue weighted by atomic mass is 10.1. The van der Waals surface area contributed by atoms with E-state index in [0.29, 0.717) is 46.1 Å². The van der Waals surface area contributed by atoms with E-state index in [4.69, 9.17) is 14.2 Å². The van der Waals surface area contributed by atoms with Gasteiger partial charge in [-0.2, -0.15) is 0 Å². The van der Waals surface area contributed by atoms with E-state index in [0.717, 1.165) is 17.3 Å². The van der Waals surface area contributed by atoms with E-state index < -0.39 is 0 Å². The number of nitrogens with zero attached hydrogens (tertiary/aromatic N) is 1. The van der Waals surface area contributed by atoms with Crippen LogP contribution >= 0.6 is 24.0 Å². The van der Waals surface area contributed by atoms with Gasteiger partial charge in [-0.05, 0) is 31.0 Å². The zero-order valence-corrected chi connectivity index (χ0v) is 20.5. The van der Waals surface area contributed by atoms with Gasteiger partial charge in [0, 0.05) is 32.3 Å². The molecule has 7 heteroatoms. The van der Waals surface area contributed by atoms with E-state index in [1.807, 2.05) is 25.1 Å². The van der Waals surface area contributed by atoms with Crippen LogP contribution in [0.25, 0.3) is 0 Å². The van der Waals surface area contributed by atoms with Crippen molar-refractivity contribution >= 4 is 29.9 Å². The molecule has 0 spiro atoms. The molecule has 2 rings (SSSR count). The van der Waals surface area contributed by atoms with E-state index in [-0.39, 0.29) is 24.0 Å². The molecule has 0 aliphatic rings. The Morgan fingerprint density at radius 2 is 1.77 bits per heavy atom. The number of benzene rings is 2. The second-order valence-electron chi connectivity index (χ2n) is 6.55. The van der Waals surface area contributed by atoms with Gasteiger partial charge < -0.3 is 24.8 Å². The molecule has 2 N–H and O–H groups in total. The highest BCUT2D eigenvalue weighted by Crippen LogP contribution is 2.20. The van der Waals surface area contributed by atoms with Gasteiger partial charge in [-0.1, -0.05) is 42.5 Å². The van der Waals surface area contributed by atoms with E-state index >= 15 is 0 Å². The molecule has 0 bridgehead atoms. The first kappa shape index (κ1) is 26.2. The molecule has 6 nitrogen and oxygen atoms in total. The number of halogens is 1. The highest BCUT2D eigenvalue weighted by Gasteiger charge is 2.06. The van der Waals surface area contributed by atoms with E-state index in [1.165, 1.54) is 11.1 Å². The minimum Gasteiger partial charge on any atom is -0.491 e. The van der Waals surface area contributed by atoms with E-state index in [9.17, 15) is 0 Å². The fraction of sp³-hybridized carbons (Fsp3) is 0.435. The third-order valence-corrected chi connectivity index (χ3v) is 4.23. The molecule has 0 saturated carbocycles. The monoisotopic (exact) mass is 527 g/mol. The van der Waals surface area contributed by atoms with Gasteiger partial charge in [0.1, 0.15) is 12.4 Å². The maximum atomic E-state index is 5.90. The fourth-order valence-corrected chi connectivity index (χ4v) is 2.70. The second kappa shape index (κ2) is 15.9. The van der Waals surface area contributed by atoms with Gasteiger partial charge >= 0.3 is 0 Å². The first-order valence-corrected chi connectivity index (χ1v) is 10.1. The average molecular weight is 527 g/mol. The van der Waals surface area contributed by atoms with Gasteiger partial charge in [0.15, 0.2) is 5.96 Å². The van der Waals surface area contributed by atoms with E-state index in [2.05, 4.69) is 52.9 Å². The second-order valence-corrected chi connectivity index (χ2v) is 6.55. The molecule has 0 aromatic heterocycles. The standard InChI is InChI=1S/C23H33N3O3.HI/c1-4-27-14-15-29-22-16-19(2)10-11-21(22)17-26-23(24-3)25-12-13-28-18-20-8-6-5-7-9-20;/h5-11,16H,4,12-15,17-18H2,1-3H3,(H2,24,25,26);1H. The van der Waals surface area contributed by atoms with Gasteiger partial charge in [-0.3, -0.25) is 4.99 Å². The molecule has 0 radical (unpaired) electrons. The third-order valence-electron chi connectivity index (χ3n) is 4.23. The van der Waals surface area contributed by atoms with Crippen molar-refractivity contribution in [3.8, 4) is 5.75 Å². The summed E-state index contributed by atoms with van der Waals surface area (Å²) in [5.41, 5.74) is 3.42. The molecular weight excluding hydrogens is 493 g/mol. The summed E-state index contributed by atoms with van der Waals surface area (Å²) in [5.74, 6) is 1.60. The quantitative estimate of drug-likeness (QED) is 0.190. The molecule has 0 fully saturated rings. The Labute approximate surface area is 197 Å². The van der Waals surface area contributed by atoms with Gasteiger partial charge in [0.2, 0.25) is 0 Å². The summed E-state index contributed by atoms with van der Waals surface area (Å²) in [7, 11) is 1.76. The topological polar surface area (TPSA) is 64.1 Å². The van der Waals surface area contributed by atoms with Crippen molar-refractivity contribution in [2.75, 3.05) is 40.0 Å². The molecule has 2 aromatic rings. The van der Waals surface area contributed by atoms with Crippen LogP contribution in [0.3, 0.4) is 0 Å². The first-order chi connectivity index (χ1) is 14.2. The van der Waals surface area contributed by atoms with Gasteiger partial charge in [-0.15, -0.1) is 24.0 Å². The molecule has 0 aliphatic heterocycles. The van der Waals surface area contributed by atoms with Crippen LogP contribution in [0, 0.1) is 6.92 Å². The molecule has 0 saturated heterocycles. The minimum absolute atomic E-state index is 0. The predicted molar refractivity (Wildman–Crippen MR) is 133 cm³/mol. The Kier molecular flexibility index (Phi) is 13.9. The number of guanidine groups is 1. The van der Waals surface area contributed by atoms with Crippen molar-refractivity contribution < 1.29 is 14.2 Å². The lowest BCUT2D eigenvalue weighted by Crippen LogP contribution is -2.38. The summed E-state index contributed by atoms with van der Waals surface area (Å²) in [6, 6.07) is 16.4.